The van der Waals surface area contributed by atoms with Gasteiger partial charge in [0.15, 0.2) is 6.10 Å². The second-order valence-electron chi connectivity index (χ2n) is 22.0. The Bertz CT molecular complexity index is 1720. The first-order chi connectivity index (χ1) is 40.0. The average Bonchev–Trinajstić information content (AvgIpc) is 3.46. The van der Waals surface area contributed by atoms with Crippen LogP contribution < -0.4 is 0 Å². The first-order valence-electron chi connectivity index (χ1n) is 33.7. The first kappa shape index (κ1) is 76.5. The number of unbranched alkanes of at least 4 members (excludes halogenated alkanes) is 27. The van der Waals surface area contributed by atoms with Crippen LogP contribution in [0.1, 0.15) is 303 Å². The molecule has 0 aliphatic heterocycles. The number of carbonyl (C=O) groups is 3. The number of allylic oxidation sites excluding steroid dienone is 22. The Morgan fingerprint density at radius 1 is 0.259 bits per heavy atom. The van der Waals surface area contributed by atoms with Crippen LogP contribution in [0.2, 0.25) is 0 Å². The van der Waals surface area contributed by atoms with Gasteiger partial charge < -0.3 is 14.2 Å². The Kier molecular flexibility index (Phi) is 64.3. The highest BCUT2D eigenvalue weighted by Crippen LogP contribution is 2.16. The lowest BCUT2D eigenvalue weighted by atomic mass is 10.0. The highest BCUT2D eigenvalue weighted by Gasteiger charge is 2.19. The van der Waals surface area contributed by atoms with E-state index in [0.29, 0.717) is 19.3 Å². The molecule has 0 amide bonds. The van der Waals surface area contributed by atoms with Crippen molar-refractivity contribution in [2.45, 2.75) is 309 Å². The highest BCUT2D eigenvalue weighted by atomic mass is 16.6. The highest BCUT2D eigenvalue weighted by molar-refractivity contribution is 5.71. The molecule has 0 aromatic heterocycles. The van der Waals surface area contributed by atoms with E-state index in [-0.39, 0.29) is 31.1 Å². The monoisotopic (exact) mass is 1120 g/mol. The number of hydrogen-bond donors (Lipinski definition) is 0. The van der Waals surface area contributed by atoms with Crippen LogP contribution in [0, 0.1) is 0 Å². The number of rotatable bonds is 60. The van der Waals surface area contributed by atoms with Crippen LogP contribution in [0.3, 0.4) is 0 Å². The van der Waals surface area contributed by atoms with Gasteiger partial charge in [-0.1, -0.05) is 283 Å². The van der Waals surface area contributed by atoms with Gasteiger partial charge in [-0.2, -0.15) is 0 Å². The summed E-state index contributed by atoms with van der Waals surface area (Å²) >= 11 is 0. The van der Waals surface area contributed by atoms with Crippen LogP contribution in [-0.4, -0.2) is 37.2 Å². The smallest absolute Gasteiger partial charge is 0.306 e. The summed E-state index contributed by atoms with van der Waals surface area (Å²) in [5.41, 5.74) is 0. The van der Waals surface area contributed by atoms with E-state index in [0.717, 1.165) is 148 Å². The van der Waals surface area contributed by atoms with Crippen molar-refractivity contribution in [1.82, 2.24) is 0 Å². The molecule has 0 bridgehead atoms. The van der Waals surface area contributed by atoms with Crippen molar-refractivity contribution in [2.24, 2.45) is 0 Å². The Balaban J connectivity index is 4.18. The van der Waals surface area contributed by atoms with Gasteiger partial charge in [0.05, 0.1) is 0 Å². The maximum absolute atomic E-state index is 12.9. The van der Waals surface area contributed by atoms with Gasteiger partial charge in [0.25, 0.3) is 0 Å². The van der Waals surface area contributed by atoms with Gasteiger partial charge in [-0.25, -0.2) is 0 Å². The topological polar surface area (TPSA) is 78.9 Å². The Morgan fingerprint density at radius 3 is 0.765 bits per heavy atom. The number of ether oxygens (including phenoxy) is 3. The Hall–Kier alpha value is -4.45. The van der Waals surface area contributed by atoms with Gasteiger partial charge in [0.2, 0.25) is 0 Å². The van der Waals surface area contributed by atoms with E-state index in [1.54, 1.807) is 0 Å². The molecule has 0 N–H and O–H groups in total. The standard InChI is InChI=1S/C75H124O6/c1-4-7-10-13-16-19-22-25-27-28-29-30-31-32-33-34-35-36-37-38-39-40-41-42-43-44-45-46-48-50-53-56-59-62-65-68-74(77)80-71-72(70-79-73(76)67-64-61-58-55-52-49-24-21-18-15-12-9-6-3)81-75(78)69-66-63-60-57-54-51-47-26-23-20-17-14-11-8-5-2/h7,9-10,12,16-21,25-27,29-30,32-33,35-36,47,49,52,72H,4-6,8,11,13-15,22-24,28,31,34,37-46,48,50-51,53-71H2,1-3H3/b10-7-,12-9-,19-16-,20-17-,21-18-,27-25-,30-29-,33-32-,36-35-,47-26-,52-49-. The molecule has 6 heteroatoms. The minimum Gasteiger partial charge on any atom is -0.462 e. The Labute approximate surface area is 500 Å². The molecule has 460 valence electrons. The van der Waals surface area contributed by atoms with E-state index in [1.165, 1.54) is 116 Å². The summed E-state index contributed by atoms with van der Waals surface area (Å²) in [5.74, 6) is -0.934. The van der Waals surface area contributed by atoms with Crippen LogP contribution in [0.5, 0.6) is 0 Å². The predicted molar refractivity (Wildman–Crippen MR) is 353 cm³/mol. The van der Waals surface area contributed by atoms with Crippen LogP contribution >= 0.6 is 0 Å². The molecule has 1 atom stereocenters. The van der Waals surface area contributed by atoms with Gasteiger partial charge in [-0.15, -0.1) is 0 Å². The fraction of sp³-hybridized carbons (Fsp3) is 0.667. The maximum Gasteiger partial charge on any atom is 0.306 e. The van der Waals surface area contributed by atoms with E-state index in [9.17, 15) is 14.4 Å². The van der Waals surface area contributed by atoms with E-state index in [2.05, 4.69) is 154 Å². The Morgan fingerprint density at radius 2 is 0.481 bits per heavy atom. The maximum atomic E-state index is 12.9. The van der Waals surface area contributed by atoms with Crippen LogP contribution in [-0.2, 0) is 28.6 Å². The second-order valence-corrected chi connectivity index (χ2v) is 22.0. The van der Waals surface area contributed by atoms with E-state index in [4.69, 9.17) is 14.2 Å². The van der Waals surface area contributed by atoms with Crippen LogP contribution in [0.4, 0.5) is 0 Å². The average molecular weight is 1120 g/mol. The van der Waals surface area contributed by atoms with Crippen molar-refractivity contribution < 1.29 is 28.6 Å². The molecule has 0 aromatic rings. The number of esters is 3. The molecule has 81 heavy (non-hydrogen) atoms. The fourth-order valence-corrected chi connectivity index (χ4v) is 9.14. The molecule has 1 unspecified atom stereocenters. The molecule has 0 rings (SSSR count). The zero-order chi connectivity index (χ0) is 58.5. The van der Waals surface area contributed by atoms with E-state index >= 15 is 0 Å². The van der Waals surface area contributed by atoms with Crippen molar-refractivity contribution in [2.75, 3.05) is 13.2 Å². The van der Waals surface area contributed by atoms with Crippen molar-refractivity contribution >= 4 is 17.9 Å². The summed E-state index contributed by atoms with van der Waals surface area (Å²) in [4.78, 5) is 38.3. The lowest BCUT2D eigenvalue weighted by Crippen LogP contribution is -2.30. The molecule has 0 spiro atoms. The van der Waals surface area contributed by atoms with Crippen molar-refractivity contribution in [3.63, 3.8) is 0 Å². The third kappa shape index (κ3) is 66.2. The van der Waals surface area contributed by atoms with Crippen LogP contribution in [0.25, 0.3) is 0 Å². The lowest BCUT2D eigenvalue weighted by Gasteiger charge is -2.18. The van der Waals surface area contributed by atoms with Gasteiger partial charge in [0.1, 0.15) is 13.2 Å². The molecule has 6 nitrogen and oxygen atoms in total. The van der Waals surface area contributed by atoms with E-state index in [1.807, 2.05) is 0 Å². The minimum absolute atomic E-state index is 0.0939. The molecular formula is C75H124O6. The zero-order valence-electron chi connectivity index (χ0n) is 52.8. The predicted octanol–water partition coefficient (Wildman–Crippen LogP) is 23.3. The largest absolute Gasteiger partial charge is 0.462 e. The minimum atomic E-state index is -0.800. The van der Waals surface area contributed by atoms with Gasteiger partial charge in [-0.3, -0.25) is 14.4 Å². The van der Waals surface area contributed by atoms with Crippen molar-refractivity contribution in [3.05, 3.63) is 134 Å². The third-order valence-corrected chi connectivity index (χ3v) is 14.1. The van der Waals surface area contributed by atoms with Crippen molar-refractivity contribution in [3.8, 4) is 0 Å². The third-order valence-electron chi connectivity index (χ3n) is 14.1. The molecule has 0 aliphatic rings. The molecule has 0 radical (unpaired) electrons. The normalized spacial score (nSPS) is 13.0. The quantitative estimate of drug-likeness (QED) is 0.0261. The molecule has 0 aliphatic carbocycles. The second kappa shape index (κ2) is 68.1. The number of hydrogen-bond acceptors (Lipinski definition) is 6. The van der Waals surface area contributed by atoms with Gasteiger partial charge >= 0.3 is 17.9 Å². The molecule has 0 heterocycles. The summed E-state index contributed by atoms with van der Waals surface area (Å²) < 4.78 is 16.9. The molecular weight excluding hydrogens is 997 g/mol. The molecule has 0 fully saturated rings. The summed E-state index contributed by atoms with van der Waals surface area (Å²) in [5, 5.41) is 0. The molecule has 0 saturated heterocycles. The van der Waals surface area contributed by atoms with Crippen LogP contribution in [0.15, 0.2) is 134 Å². The van der Waals surface area contributed by atoms with Gasteiger partial charge in [0, 0.05) is 19.3 Å². The zero-order valence-corrected chi connectivity index (χ0v) is 52.8. The van der Waals surface area contributed by atoms with Crippen molar-refractivity contribution in [1.29, 1.82) is 0 Å². The molecule has 0 saturated carbocycles. The first-order valence-corrected chi connectivity index (χ1v) is 33.7. The van der Waals surface area contributed by atoms with Gasteiger partial charge in [-0.05, 0) is 135 Å². The molecule has 0 aromatic carbocycles. The summed E-state index contributed by atoms with van der Waals surface area (Å²) in [6.07, 6.45) is 96.3. The summed E-state index contributed by atoms with van der Waals surface area (Å²) in [6, 6.07) is 0. The fourth-order valence-electron chi connectivity index (χ4n) is 9.14. The SMILES string of the molecule is CC/C=C\C/C=C\C/C=C\C/C=C\C/C=C\C/C=C\CCCCCCCCCCCCCCCCCCC(=O)OCC(COC(=O)CCCCC/C=C\C/C=C\C/C=C\CC)OC(=O)CCCCCCC/C=C\C/C=C\CCCCC. The summed E-state index contributed by atoms with van der Waals surface area (Å²) in [7, 11) is 0. The number of carbonyl (C=O) groups excluding carboxylic acids is 3. The lowest BCUT2D eigenvalue weighted by molar-refractivity contribution is -0.167. The van der Waals surface area contributed by atoms with E-state index < -0.39 is 6.10 Å². The summed E-state index contributed by atoms with van der Waals surface area (Å²) in [6.45, 7) is 6.36.